The van der Waals surface area contributed by atoms with Crippen molar-refractivity contribution in [1.82, 2.24) is 9.80 Å². The van der Waals surface area contributed by atoms with Gasteiger partial charge >= 0.3 is 0 Å². The van der Waals surface area contributed by atoms with Crippen LogP contribution in [0.1, 0.15) is 11.1 Å². The number of hydrogen-bond acceptors (Lipinski definition) is 3. The van der Waals surface area contributed by atoms with E-state index < -0.39 is 11.6 Å². The van der Waals surface area contributed by atoms with Crippen LogP contribution in [0.4, 0.5) is 8.78 Å². The number of piperazine rings is 1. The topological polar surface area (TPSA) is 15.7 Å². The summed E-state index contributed by atoms with van der Waals surface area (Å²) in [5, 5.41) is 0. The van der Waals surface area contributed by atoms with E-state index in [4.69, 9.17) is 4.74 Å². The summed E-state index contributed by atoms with van der Waals surface area (Å²) in [6, 6.07) is 12.4. The Hall–Kier alpha value is -1.98. The Morgan fingerprint density at radius 2 is 1.42 bits per heavy atom. The molecule has 1 saturated heterocycles. The number of hydrogen-bond donors (Lipinski definition) is 0. The average Bonchev–Trinajstić information content (AvgIpc) is 2.61. The highest BCUT2D eigenvalue weighted by Gasteiger charge is 2.19. The molecule has 3 rings (SSSR count). The quantitative estimate of drug-likeness (QED) is 0.836. The van der Waals surface area contributed by atoms with Crippen molar-refractivity contribution in [3.8, 4) is 5.75 Å². The molecular weight excluding hydrogens is 310 g/mol. The number of halogens is 2. The molecule has 1 aliphatic rings. The number of methoxy groups -OCH3 is 1. The summed E-state index contributed by atoms with van der Waals surface area (Å²) in [6.07, 6.45) is 0. The predicted octanol–water partition coefficient (Wildman–Crippen LogP) is 3.29. The molecule has 0 bridgehead atoms. The normalized spacial score (nSPS) is 16.3. The standard InChI is InChI=1S/C19H22F2N2O/c1-24-18-8-3-2-5-15(18)13-22-9-11-23(12-10-22)14-16-6-4-7-17(20)19(16)21/h2-8H,9-14H2,1H3. The Morgan fingerprint density at radius 1 is 0.833 bits per heavy atom. The third kappa shape index (κ3) is 3.91. The van der Waals surface area contributed by atoms with Crippen LogP contribution in [0.15, 0.2) is 42.5 Å². The van der Waals surface area contributed by atoms with Crippen molar-refractivity contribution in [1.29, 1.82) is 0 Å². The lowest BCUT2D eigenvalue weighted by atomic mass is 10.1. The first kappa shape index (κ1) is 16.9. The minimum Gasteiger partial charge on any atom is -0.496 e. The van der Waals surface area contributed by atoms with Crippen molar-refractivity contribution < 1.29 is 13.5 Å². The zero-order chi connectivity index (χ0) is 16.9. The van der Waals surface area contributed by atoms with Crippen LogP contribution in [0.5, 0.6) is 5.75 Å². The maximum atomic E-state index is 13.8. The van der Waals surface area contributed by atoms with Crippen LogP contribution in [0.25, 0.3) is 0 Å². The summed E-state index contributed by atoms with van der Waals surface area (Å²) in [7, 11) is 1.68. The Labute approximate surface area is 141 Å². The van der Waals surface area contributed by atoms with E-state index in [1.165, 1.54) is 5.56 Å². The van der Waals surface area contributed by atoms with Crippen molar-refractivity contribution >= 4 is 0 Å². The molecule has 0 aromatic heterocycles. The van der Waals surface area contributed by atoms with Gasteiger partial charge in [-0.1, -0.05) is 30.3 Å². The minimum absolute atomic E-state index is 0.424. The molecule has 0 saturated carbocycles. The van der Waals surface area contributed by atoms with Crippen LogP contribution in [-0.4, -0.2) is 43.1 Å². The molecule has 0 aliphatic carbocycles. The summed E-state index contributed by atoms with van der Waals surface area (Å²) in [5.74, 6) is -0.599. The molecule has 1 aliphatic heterocycles. The molecule has 0 amide bonds. The molecule has 0 spiro atoms. The molecule has 1 heterocycles. The number of ether oxygens (including phenoxy) is 1. The molecule has 0 unspecified atom stereocenters. The van der Waals surface area contributed by atoms with E-state index in [1.54, 1.807) is 19.2 Å². The van der Waals surface area contributed by atoms with Crippen LogP contribution in [0.2, 0.25) is 0 Å². The highest BCUT2D eigenvalue weighted by Crippen LogP contribution is 2.20. The van der Waals surface area contributed by atoms with Gasteiger partial charge in [-0.3, -0.25) is 9.80 Å². The van der Waals surface area contributed by atoms with Gasteiger partial charge in [-0.25, -0.2) is 8.78 Å². The molecule has 5 heteroatoms. The van der Waals surface area contributed by atoms with Crippen LogP contribution in [-0.2, 0) is 13.1 Å². The highest BCUT2D eigenvalue weighted by atomic mass is 19.2. The smallest absolute Gasteiger partial charge is 0.163 e. The number of nitrogens with zero attached hydrogens (tertiary/aromatic N) is 2. The van der Waals surface area contributed by atoms with E-state index in [0.29, 0.717) is 12.1 Å². The van der Waals surface area contributed by atoms with Crippen LogP contribution < -0.4 is 4.74 Å². The van der Waals surface area contributed by atoms with E-state index in [2.05, 4.69) is 15.9 Å². The summed E-state index contributed by atoms with van der Waals surface area (Å²) >= 11 is 0. The van der Waals surface area contributed by atoms with E-state index in [9.17, 15) is 8.78 Å². The molecule has 0 radical (unpaired) electrons. The molecule has 3 nitrogen and oxygen atoms in total. The van der Waals surface area contributed by atoms with Gasteiger partial charge in [-0.05, 0) is 12.1 Å². The summed E-state index contributed by atoms with van der Waals surface area (Å²) < 4.78 is 32.5. The Kier molecular flexibility index (Phi) is 5.43. The second kappa shape index (κ2) is 7.73. The highest BCUT2D eigenvalue weighted by molar-refractivity contribution is 5.33. The van der Waals surface area contributed by atoms with Gasteiger partial charge in [0.2, 0.25) is 0 Å². The first-order valence-electron chi connectivity index (χ1n) is 8.17. The van der Waals surface area contributed by atoms with Gasteiger partial charge in [0.15, 0.2) is 11.6 Å². The molecule has 2 aromatic carbocycles. The van der Waals surface area contributed by atoms with Gasteiger partial charge in [0.1, 0.15) is 5.75 Å². The zero-order valence-electron chi connectivity index (χ0n) is 13.8. The lowest BCUT2D eigenvalue weighted by Gasteiger charge is -2.35. The molecule has 0 N–H and O–H groups in total. The first-order valence-corrected chi connectivity index (χ1v) is 8.17. The summed E-state index contributed by atoms with van der Waals surface area (Å²) in [5.41, 5.74) is 1.60. The van der Waals surface area contributed by atoms with Crippen molar-refractivity contribution in [3.05, 3.63) is 65.2 Å². The fourth-order valence-electron chi connectivity index (χ4n) is 3.09. The van der Waals surface area contributed by atoms with Gasteiger partial charge in [0, 0.05) is 50.4 Å². The number of rotatable bonds is 5. The van der Waals surface area contributed by atoms with E-state index >= 15 is 0 Å². The van der Waals surface area contributed by atoms with Crippen molar-refractivity contribution in [3.63, 3.8) is 0 Å². The third-order valence-corrected chi connectivity index (χ3v) is 4.48. The number of benzene rings is 2. The third-order valence-electron chi connectivity index (χ3n) is 4.48. The monoisotopic (exact) mass is 332 g/mol. The molecule has 24 heavy (non-hydrogen) atoms. The molecule has 1 fully saturated rings. The summed E-state index contributed by atoms with van der Waals surface area (Å²) in [4.78, 5) is 4.52. The van der Waals surface area contributed by atoms with Crippen LogP contribution in [0, 0.1) is 11.6 Å². The van der Waals surface area contributed by atoms with Gasteiger partial charge in [-0.15, -0.1) is 0 Å². The second-order valence-corrected chi connectivity index (χ2v) is 6.08. The van der Waals surface area contributed by atoms with E-state index in [0.717, 1.165) is 44.5 Å². The molecule has 0 atom stereocenters. The van der Waals surface area contributed by atoms with Crippen molar-refractivity contribution in [2.24, 2.45) is 0 Å². The molecule has 128 valence electrons. The fraction of sp³-hybridized carbons (Fsp3) is 0.368. The van der Waals surface area contributed by atoms with Gasteiger partial charge in [0.25, 0.3) is 0 Å². The van der Waals surface area contributed by atoms with Crippen LogP contribution >= 0.6 is 0 Å². The Morgan fingerprint density at radius 3 is 2.08 bits per heavy atom. The molecular formula is C19H22F2N2O. The van der Waals surface area contributed by atoms with E-state index in [1.807, 2.05) is 18.2 Å². The minimum atomic E-state index is -0.776. The molecule has 2 aromatic rings. The van der Waals surface area contributed by atoms with E-state index in [-0.39, 0.29) is 0 Å². The maximum absolute atomic E-state index is 13.8. The summed E-state index contributed by atoms with van der Waals surface area (Å²) in [6.45, 7) is 4.76. The van der Waals surface area contributed by atoms with Gasteiger partial charge < -0.3 is 4.74 Å². The first-order chi connectivity index (χ1) is 11.7. The lowest BCUT2D eigenvalue weighted by molar-refractivity contribution is 0.120. The maximum Gasteiger partial charge on any atom is 0.163 e. The number of para-hydroxylation sites is 1. The largest absolute Gasteiger partial charge is 0.496 e. The van der Waals surface area contributed by atoms with Crippen LogP contribution in [0.3, 0.4) is 0 Å². The Bertz CT molecular complexity index is 685. The van der Waals surface area contributed by atoms with Crippen molar-refractivity contribution in [2.45, 2.75) is 13.1 Å². The second-order valence-electron chi connectivity index (χ2n) is 6.08. The Balaban J connectivity index is 1.55. The van der Waals surface area contributed by atoms with Crippen molar-refractivity contribution in [2.75, 3.05) is 33.3 Å². The predicted molar refractivity (Wildman–Crippen MR) is 89.9 cm³/mol. The average molecular weight is 332 g/mol. The SMILES string of the molecule is COc1ccccc1CN1CCN(Cc2cccc(F)c2F)CC1. The fourth-order valence-corrected chi connectivity index (χ4v) is 3.09. The lowest BCUT2D eigenvalue weighted by Crippen LogP contribution is -2.45. The van der Waals surface area contributed by atoms with Gasteiger partial charge in [0.05, 0.1) is 7.11 Å². The zero-order valence-corrected chi connectivity index (χ0v) is 13.8. The van der Waals surface area contributed by atoms with Gasteiger partial charge in [-0.2, -0.15) is 0 Å².